The number of nitrogens with zero attached hydrogens (tertiary/aromatic N) is 3. The van der Waals surface area contributed by atoms with Gasteiger partial charge in [0.15, 0.2) is 5.82 Å². The van der Waals surface area contributed by atoms with E-state index in [4.69, 9.17) is 9.26 Å². The number of amides is 1. The summed E-state index contributed by atoms with van der Waals surface area (Å²) in [7, 11) is 1.62. The Kier molecular flexibility index (Phi) is 5.53. The van der Waals surface area contributed by atoms with Crippen LogP contribution in [0.15, 0.2) is 28.8 Å². The molecule has 7 nitrogen and oxygen atoms in total. The van der Waals surface area contributed by atoms with Crippen LogP contribution in [0.1, 0.15) is 37.4 Å². The Hall–Kier alpha value is -2.57. The molecular weight excluding hydrogens is 320 g/mol. The average molecular weight is 344 g/mol. The molecule has 3 rings (SSSR count). The van der Waals surface area contributed by atoms with E-state index in [-0.39, 0.29) is 18.4 Å². The summed E-state index contributed by atoms with van der Waals surface area (Å²) in [6.07, 6.45) is 2.65. The summed E-state index contributed by atoms with van der Waals surface area (Å²) in [5, 5.41) is 7.23. The van der Waals surface area contributed by atoms with Crippen molar-refractivity contribution in [1.29, 1.82) is 0 Å². The number of carbonyl (C=O) groups is 1. The minimum Gasteiger partial charge on any atom is -0.495 e. The van der Waals surface area contributed by atoms with Crippen LogP contribution in [0.5, 0.6) is 5.75 Å². The van der Waals surface area contributed by atoms with E-state index in [2.05, 4.69) is 15.5 Å². The van der Waals surface area contributed by atoms with Gasteiger partial charge in [0.05, 0.1) is 19.3 Å². The second kappa shape index (κ2) is 8.00. The van der Waals surface area contributed by atoms with Crippen LogP contribution in [0.25, 0.3) is 0 Å². The number of hydrogen-bond donors (Lipinski definition) is 1. The number of anilines is 1. The molecule has 7 heteroatoms. The number of carbonyl (C=O) groups excluding carboxylic acids is 1. The van der Waals surface area contributed by atoms with E-state index in [9.17, 15) is 4.79 Å². The largest absolute Gasteiger partial charge is 0.495 e. The third kappa shape index (κ3) is 4.10. The minimum atomic E-state index is 0.0646. The van der Waals surface area contributed by atoms with Gasteiger partial charge in [-0.3, -0.25) is 4.79 Å². The third-order valence-corrected chi connectivity index (χ3v) is 4.46. The van der Waals surface area contributed by atoms with E-state index < -0.39 is 0 Å². The molecule has 134 valence electrons. The fourth-order valence-corrected chi connectivity index (χ4v) is 3.07. The lowest BCUT2D eigenvalue weighted by Crippen LogP contribution is -2.42. The van der Waals surface area contributed by atoms with E-state index in [0.29, 0.717) is 18.3 Å². The van der Waals surface area contributed by atoms with Gasteiger partial charge in [0.25, 0.3) is 0 Å². The highest BCUT2D eigenvalue weighted by Crippen LogP contribution is 2.26. The van der Waals surface area contributed by atoms with Crippen LogP contribution in [-0.4, -0.2) is 47.7 Å². The van der Waals surface area contributed by atoms with E-state index in [1.54, 1.807) is 7.11 Å². The standard InChI is InChI=1S/C18H24N4O3/c1-3-16-20-18(21-25-16)13-7-6-10-22(12-13)17(23)11-19-14-8-4-5-9-15(14)24-2/h4-5,8-9,13,19H,3,6-7,10-12H2,1-2H3. The number of aromatic nitrogens is 2. The maximum Gasteiger partial charge on any atom is 0.241 e. The first kappa shape index (κ1) is 17.3. The summed E-state index contributed by atoms with van der Waals surface area (Å²) in [5.74, 6) is 2.30. The summed E-state index contributed by atoms with van der Waals surface area (Å²) >= 11 is 0. The average Bonchev–Trinajstić information content (AvgIpc) is 3.15. The Morgan fingerprint density at radius 3 is 3.04 bits per heavy atom. The van der Waals surface area contributed by atoms with Gasteiger partial charge in [-0.15, -0.1) is 0 Å². The monoisotopic (exact) mass is 344 g/mol. The lowest BCUT2D eigenvalue weighted by atomic mass is 9.97. The highest BCUT2D eigenvalue weighted by Gasteiger charge is 2.27. The molecule has 1 aliphatic heterocycles. The second-order valence-electron chi connectivity index (χ2n) is 6.13. The van der Waals surface area contributed by atoms with Gasteiger partial charge in [0.2, 0.25) is 11.8 Å². The van der Waals surface area contributed by atoms with Crippen molar-refractivity contribution in [1.82, 2.24) is 15.0 Å². The van der Waals surface area contributed by atoms with Gasteiger partial charge in [0.1, 0.15) is 5.75 Å². The molecule has 1 fully saturated rings. The molecule has 0 spiro atoms. The molecule has 2 heterocycles. The lowest BCUT2D eigenvalue weighted by molar-refractivity contribution is -0.130. The zero-order valence-electron chi connectivity index (χ0n) is 14.7. The second-order valence-corrected chi connectivity index (χ2v) is 6.13. The number of ether oxygens (including phenoxy) is 1. The lowest BCUT2D eigenvalue weighted by Gasteiger charge is -2.31. The van der Waals surface area contributed by atoms with Crippen molar-refractivity contribution in [2.24, 2.45) is 0 Å². The van der Waals surface area contributed by atoms with Crippen LogP contribution in [0, 0.1) is 0 Å². The molecule has 1 aliphatic rings. The van der Waals surface area contributed by atoms with Crippen LogP contribution < -0.4 is 10.1 Å². The number of methoxy groups -OCH3 is 1. The summed E-state index contributed by atoms with van der Waals surface area (Å²) in [4.78, 5) is 18.9. The molecule has 1 saturated heterocycles. The summed E-state index contributed by atoms with van der Waals surface area (Å²) in [6, 6.07) is 7.58. The number of hydrogen-bond acceptors (Lipinski definition) is 6. The molecule has 0 radical (unpaired) electrons. The van der Waals surface area contributed by atoms with Crippen molar-refractivity contribution in [3.63, 3.8) is 0 Å². The number of rotatable bonds is 6. The predicted octanol–water partition coefficient (Wildman–Crippen LogP) is 2.46. The predicted molar refractivity (Wildman–Crippen MR) is 93.7 cm³/mol. The number of piperidine rings is 1. The van der Waals surface area contributed by atoms with Crippen molar-refractivity contribution < 1.29 is 14.1 Å². The van der Waals surface area contributed by atoms with Gasteiger partial charge in [-0.1, -0.05) is 24.2 Å². The zero-order chi connectivity index (χ0) is 17.6. The van der Waals surface area contributed by atoms with Gasteiger partial charge in [-0.25, -0.2) is 0 Å². The maximum absolute atomic E-state index is 12.6. The molecule has 1 atom stereocenters. The highest BCUT2D eigenvalue weighted by molar-refractivity contribution is 5.81. The Bertz CT molecular complexity index is 716. The molecule has 0 bridgehead atoms. The molecule has 2 aromatic rings. The first-order valence-electron chi connectivity index (χ1n) is 8.68. The Morgan fingerprint density at radius 1 is 1.44 bits per heavy atom. The van der Waals surface area contributed by atoms with E-state index in [1.165, 1.54) is 0 Å². The molecule has 1 aromatic heterocycles. The van der Waals surface area contributed by atoms with E-state index in [1.807, 2.05) is 36.1 Å². The molecular formula is C18H24N4O3. The van der Waals surface area contributed by atoms with E-state index >= 15 is 0 Å². The topological polar surface area (TPSA) is 80.5 Å². The molecule has 0 saturated carbocycles. The third-order valence-electron chi connectivity index (χ3n) is 4.46. The van der Waals surface area contributed by atoms with E-state index in [0.717, 1.165) is 37.2 Å². The van der Waals surface area contributed by atoms with Gasteiger partial charge >= 0.3 is 0 Å². The molecule has 1 amide bonds. The Morgan fingerprint density at radius 2 is 2.28 bits per heavy atom. The normalized spacial score (nSPS) is 17.4. The fraction of sp³-hybridized carbons (Fsp3) is 0.500. The molecule has 1 aromatic carbocycles. The van der Waals surface area contributed by atoms with Crippen molar-refractivity contribution in [3.05, 3.63) is 36.0 Å². The maximum atomic E-state index is 12.6. The number of benzene rings is 1. The summed E-state index contributed by atoms with van der Waals surface area (Å²) in [6.45, 7) is 3.62. The molecule has 0 aliphatic carbocycles. The van der Waals surface area contributed by atoms with Crippen LogP contribution in [0.4, 0.5) is 5.69 Å². The molecule has 25 heavy (non-hydrogen) atoms. The van der Waals surface area contributed by atoms with Gasteiger partial charge in [-0.05, 0) is 25.0 Å². The highest BCUT2D eigenvalue weighted by atomic mass is 16.5. The summed E-state index contributed by atoms with van der Waals surface area (Å²) in [5.41, 5.74) is 0.817. The van der Waals surface area contributed by atoms with Gasteiger partial charge < -0.3 is 19.5 Å². The quantitative estimate of drug-likeness (QED) is 0.867. The van der Waals surface area contributed by atoms with Crippen molar-refractivity contribution in [3.8, 4) is 5.75 Å². The van der Waals surface area contributed by atoms with Crippen LogP contribution in [0.3, 0.4) is 0 Å². The first-order valence-corrected chi connectivity index (χ1v) is 8.68. The molecule has 1 N–H and O–H groups in total. The minimum absolute atomic E-state index is 0.0646. The first-order chi connectivity index (χ1) is 12.2. The zero-order valence-corrected chi connectivity index (χ0v) is 14.7. The summed E-state index contributed by atoms with van der Waals surface area (Å²) < 4.78 is 10.5. The van der Waals surface area contributed by atoms with Gasteiger partial charge in [-0.2, -0.15) is 4.98 Å². The SMILES string of the molecule is CCc1nc(C2CCCN(C(=O)CNc3ccccc3OC)C2)no1. The Balaban J connectivity index is 1.58. The fourth-order valence-electron chi connectivity index (χ4n) is 3.07. The number of aryl methyl sites for hydroxylation is 1. The number of nitrogens with one attached hydrogen (secondary N) is 1. The van der Waals surface area contributed by atoms with Crippen LogP contribution in [0.2, 0.25) is 0 Å². The van der Waals surface area contributed by atoms with Crippen molar-refractivity contribution in [2.75, 3.05) is 32.1 Å². The van der Waals surface area contributed by atoms with Crippen molar-refractivity contribution >= 4 is 11.6 Å². The van der Waals surface area contributed by atoms with Crippen LogP contribution in [-0.2, 0) is 11.2 Å². The molecule has 1 unspecified atom stereocenters. The number of likely N-dealkylation sites (tertiary alicyclic amines) is 1. The Labute approximate surface area is 147 Å². The van der Waals surface area contributed by atoms with Crippen molar-refractivity contribution in [2.45, 2.75) is 32.1 Å². The number of para-hydroxylation sites is 2. The smallest absolute Gasteiger partial charge is 0.241 e. The van der Waals surface area contributed by atoms with Gasteiger partial charge in [0, 0.05) is 25.4 Å². The van der Waals surface area contributed by atoms with Crippen LogP contribution >= 0.6 is 0 Å².